The maximum Gasteiger partial charge on any atom is 0.341 e. The van der Waals surface area contributed by atoms with Crippen LogP contribution in [0.4, 0.5) is 0 Å². The Labute approximate surface area is 162 Å². The van der Waals surface area contributed by atoms with E-state index in [0.717, 1.165) is 10.9 Å². The van der Waals surface area contributed by atoms with Gasteiger partial charge in [-0.25, -0.2) is 4.79 Å². The molecule has 3 rings (SSSR count). The van der Waals surface area contributed by atoms with Crippen molar-refractivity contribution in [3.8, 4) is 0 Å². The van der Waals surface area contributed by atoms with Gasteiger partial charge in [-0.15, -0.1) is 0 Å². The number of benzene rings is 1. The normalized spacial score (nSPS) is 11.8. The van der Waals surface area contributed by atoms with E-state index in [4.69, 9.17) is 16.3 Å². The first-order valence-corrected chi connectivity index (χ1v) is 9.09. The highest BCUT2D eigenvalue weighted by atomic mass is 35.5. The summed E-state index contributed by atoms with van der Waals surface area (Å²) in [4.78, 5) is 16.4. The van der Waals surface area contributed by atoms with Gasteiger partial charge in [-0.1, -0.05) is 11.6 Å². The van der Waals surface area contributed by atoms with E-state index >= 15 is 0 Å². The maximum absolute atomic E-state index is 12.0. The van der Waals surface area contributed by atoms with Crippen LogP contribution in [-0.4, -0.2) is 32.4 Å². The lowest BCUT2D eigenvalue weighted by Crippen LogP contribution is -2.17. The van der Waals surface area contributed by atoms with Crippen molar-refractivity contribution in [2.24, 2.45) is 0 Å². The molecule has 0 amide bonds. The fourth-order valence-electron chi connectivity index (χ4n) is 3.04. The van der Waals surface area contributed by atoms with E-state index in [0.29, 0.717) is 40.5 Å². The number of aryl methyl sites for hydroxylation is 1. The van der Waals surface area contributed by atoms with Crippen LogP contribution in [0.3, 0.4) is 0 Å². The van der Waals surface area contributed by atoms with E-state index in [1.807, 2.05) is 18.2 Å². The molecule has 27 heavy (non-hydrogen) atoms. The van der Waals surface area contributed by atoms with Crippen LogP contribution in [0.15, 0.2) is 30.6 Å². The number of aliphatic hydroxyl groups is 1. The van der Waals surface area contributed by atoms with Gasteiger partial charge in [0.1, 0.15) is 5.56 Å². The van der Waals surface area contributed by atoms with Gasteiger partial charge in [0.15, 0.2) is 0 Å². The molecule has 3 aromatic rings. The molecule has 0 aliphatic rings. The fraction of sp³-hybridized carbons (Fsp3) is 0.350. The first kappa shape index (κ1) is 19.3. The zero-order chi connectivity index (χ0) is 19.8. The van der Waals surface area contributed by atoms with Crippen molar-refractivity contribution in [2.45, 2.75) is 39.8 Å². The summed E-state index contributed by atoms with van der Waals surface area (Å²) in [5.74, 6) is -0.382. The first-order chi connectivity index (χ1) is 12.7. The molecule has 1 aromatic carbocycles. The third-order valence-corrected chi connectivity index (χ3v) is 4.46. The van der Waals surface area contributed by atoms with Crippen LogP contribution >= 0.6 is 11.6 Å². The third kappa shape index (κ3) is 4.12. The number of aromatic nitrogens is 3. The Hall–Kier alpha value is -2.44. The Bertz CT molecular complexity index is 1010. The van der Waals surface area contributed by atoms with Gasteiger partial charge < -0.3 is 9.84 Å². The molecule has 142 valence electrons. The average Bonchev–Trinajstić information content (AvgIpc) is 2.93. The van der Waals surface area contributed by atoms with Crippen molar-refractivity contribution in [3.05, 3.63) is 58.0 Å². The minimum Gasteiger partial charge on any atom is -0.462 e. The number of ether oxygens (including phenoxy) is 1. The van der Waals surface area contributed by atoms with Gasteiger partial charge in [0.25, 0.3) is 0 Å². The minimum atomic E-state index is -1.06. The smallest absolute Gasteiger partial charge is 0.341 e. The second kappa shape index (κ2) is 7.29. The molecular weight excluding hydrogens is 366 g/mol. The highest BCUT2D eigenvalue weighted by molar-refractivity contribution is 6.31. The number of nitrogens with zero attached hydrogens (tertiary/aromatic N) is 3. The average molecular weight is 388 g/mol. The standard InChI is InChI=1S/C20H22ClN3O3/c1-5-27-19(25)16-11-24(23-12(16)2)10-13-6-14-8-15(21)9-22-18(14)17(7-13)20(3,4)26/h6-9,11,26H,5,10H2,1-4H3. The quantitative estimate of drug-likeness (QED) is 0.673. The van der Waals surface area contributed by atoms with Crippen LogP contribution in [0.25, 0.3) is 10.9 Å². The van der Waals surface area contributed by atoms with Crippen LogP contribution < -0.4 is 0 Å². The minimum absolute atomic E-state index is 0.316. The Kier molecular flexibility index (Phi) is 5.22. The molecule has 0 unspecified atom stereocenters. The Morgan fingerprint density at radius 1 is 1.33 bits per heavy atom. The van der Waals surface area contributed by atoms with Gasteiger partial charge in [-0.05, 0) is 51.5 Å². The number of hydrogen-bond donors (Lipinski definition) is 1. The Morgan fingerprint density at radius 2 is 2.07 bits per heavy atom. The Balaban J connectivity index is 2.03. The highest BCUT2D eigenvalue weighted by Gasteiger charge is 2.21. The van der Waals surface area contributed by atoms with Crippen molar-refractivity contribution >= 4 is 28.5 Å². The molecule has 0 saturated heterocycles. The van der Waals surface area contributed by atoms with Crippen molar-refractivity contribution in [1.82, 2.24) is 14.8 Å². The van der Waals surface area contributed by atoms with E-state index < -0.39 is 5.60 Å². The van der Waals surface area contributed by atoms with Crippen LogP contribution in [0, 0.1) is 6.92 Å². The summed E-state index contributed by atoms with van der Waals surface area (Å²) in [7, 11) is 0. The molecule has 0 saturated carbocycles. The number of carbonyl (C=O) groups is 1. The summed E-state index contributed by atoms with van der Waals surface area (Å²) >= 11 is 6.09. The molecule has 0 aliphatic heterocycles. The van der Waals surface area contributed by atoms with Gasteiger partial charge in [-0.3, -0.25) is 9.67 Å². The van der Waals surface area contributed by atoms with Crippen LogP contribution in [0.5, 0.6) is 0 Å². The number of esters is 1. The number of rotatable bonds is 5. The number of pyridine rings is 1. The molecule has 2 aromatic heterocycles. The molecule has 0 bridgehead atoms. The lowest BCUT2D eigenvalue weighted by molar-refractivity contribution is 0.0525. The van der Waals surface area contributed by atoms with E-state index in [9.17, 15) is 9.90 Å². The SMILES string of the molecule is CCOC(=O)c1cn(Cc2cc(C(C)(C)O)c3ncc(Cl)cc3c2)nc1C. The molecule has 0 aliphatic carbocycles. The summed E-state index contributed by atoms with van der Waals surface area (Å²) in [6.07, 6.45) is 3.25. The van der Waals surface area contributed by atoms with Gasteiger partial charge in [0, 0.05) is 23.3 Å². The maximum atomic E-state index is 12.0. The van der Waals surface area contributed by atoms with Crippen molar-refractivity contribution < 1.29 is 14.6 Å². The van der Waals surface area contributed by atoms with E-state index in [-0.39, 0.29) is 5.97 Å². The van der Waals surface area contributed by atoms with Crippen LogP contribution in [0.1, 0.15) is 48.0 Å². The molecular formula is C20H22ClN3O3. The van der Waals surface area contributed by atoms with E-state index in [2.05, 4.69) is 10.1 Å². The molecule has 2 heterocycles. The fourth-order valence-corrected chi connectivity index (χ4v) is 3.20. The predicted molar refractivity (Wildman–Crippen MR) is 104 cm³/mol. The van der Waals surface area contributed by atoms with Gasteiger partial charge >= 0.3 is 5.97 Å². The summed E-state index contributed by atoms with van der Waals surface area (Å²) in [5.41, 5.74) is 2.33. The summed E-state index contributed by atoms with van der Waals surface area (Å²) < 4.78 is 6.75. The van der Waals surface area contributed by atoms with Gasteiger partial charge in [-0.2, -0.15) is 5.10 Å². The largest absolute Gasteiger partial charge is 0.462 e. The molecule has 7 heteroatoms. The van der Waals surface area contributed by atoms with Crippen LogP contribution in [-0.2, 0) is 16.9 Å². The summed E-state index contributed by atoms with van der Waals surface area (Å²) in [5, 5.41) is 16.3. The molecule has 6 nitrogen and oxygen atoms in total. The van der Waals surface area contributed by atoms with Gasteiger partial charge in [0.2, 0.25) is 0 Å². The topological polar surface area (TPSA) is 77.2 Å². The van der Waals surface area contributed by atoms with E-state index in [1.165, 1.54) is 0 Å². The van der Waals surface area contributed by atoms with Crippen molar-refractivity contribution in [2.75, 3.05) is 6.61 Å². The number of fused-ring (bicyclic) bond motifs is 1. The molecule has 0 radical (unpaired) electrons. The third-order valence-electron chi connectivity index (χ3n) is 4.25. The number of halogens is 1. The van der Waals surface area contributed by atoms with E-state index in [1.54, 1.807) is 44.8 Å². The second-order valence-corrected chi connectivity index (χ2v) is 7.41. The van der Waals surface area contributed by atoms with Crippen LogP contribution in [0.2, 0.25) is 5.02 Å². The summed E-state index contributed by atoms with van der Waals surface area (Å²) in [6.45, 7) is 7.74. The van der Waals surface area contributed by atoms with Crippen molar-refractivity contribution in [1.29, 1.82) is 0 Å². The predicted octanol–water partition coefficient (Wildman–Crippen LogP) is 3.85. The Morgan fingerprint density at radius 3 is 2.74 bits per heavy atom. The summed E-state index contributed by atoms with van der Waals surface area (Å²) in [6, 6.07) is 5.69. The van der Waals surface area contributed by atoms with Gasteiger partial charge in [0.05, 0.1) is 35.0 Å². The molecule has 1 N–H and O–H groups in total. The highest BCUT2D eigenvalue weighted by Crippen LogP contribution is 2.30. The first-order valence-electron chi connectivity index (χ1n) is 8.71. The number of carbonyl (C=O) groups excluding carboxylic acids is 1. The zero-order valence-electron chi connectivity index (χ0n) is 15.8. The lowest BCUT2D eigenvalue weighted by atomic mass is 9.93. The molecule has 0 spiro atoms. The lowest BCUT2D eigenvalue weighted by Gasteiger charge is -2.21. The van der Waals surface area contributed by atoms with Crippen molar-refractivity contribution in [3.63, 3.8) is 0 Å². The molecule has 0 fully saturated rings. The zero-order valence-corrected chi connectivity index (χ0v) is 16.5. The second-order valence-electron chi connectivity index (χ2n) is 6.97. The number of hydrogen-bond acceptors (Lipinski definition) is 5. The molecule has 0 atom stereocenters. The monoisotopic (exact) mass is 387 g/mol.